The maximum atomic E-state index is 12.6. The number of benzene rings is 2. The van der Waals surface area contributed by atoms with E-state index in [0.717, 1.165) is 43.8 Å². The standard InChI is InChI=1S/C21H24F2N2O4S/c22-21(23)30(27,28)19-10-8-17(9-11-19)24-20(26)14-25-12-4-5-16(13-25)15-29-18-6-2-1-3-7-18/h1-3,6-11,16,21H,4-5,12-15H2,(H,24,26). The minimum atomic E-state index is -4.64. The van der Waals surface area contributed by atoms with E-state index < -0.39 is 20.5 Å². The van der Waals surface area contributed by atoms with Crippen molar-refractivity contribution in [1.29, 1.82) is 0 Å². The number of carbonyl (C=O) groups excluding carboxylic acids is 1. The number of hydrogen-bond donors (Lipinski definition) is 1. The number of nitrogens with zero attached hydrogens (tertiary/aromatic N) is 1. The smallest absolute Gasteiger partial charge is 0.341 e. The zero-order chi connectivity index (χ0) is 21.6. The lowest BCUT2D eigenvalue weighted by atomic mass is 9.99. The Kier molecular flexibility index (Phi) is 7.38. The zero-order valence-electron chi connectivity index (χ0n) is 16.3. The highest BCUT2D eigenvalue weighted by atomic mass is 32.2. The van der Waals surface area contributed by atoms with Crippen LogP contribution in [0.2, 0.25) is 0 Å². The second kappa shape index (κ2) is 9.99. The quantitative estimate of drug-likeness (QED) is 0.684. The Morgan fingerprint density at radius 3 is 2.50 bits per heavy atom. The monoisotopic (exact) mass is 438 g/mol. The lowest BCUT2D eigenvalue weighted by molar-refractivity contribution is -0.117. The molecule has 162 valence electrons. The molecule has 1 fully saturated rings. The number of para-hydroxylation sites is 1. The number of hydrogen-bond acceptors (Lipinski definition) is 5. The molecule has 1 amide bonds. The van der Waals surface area contributed by atoms with E-state index in [9.17, 15) is 22.0 Å². The molecule has 1 aliphatic rings. The van der Waals surface area contributed by atoms with E-state index in [1.165, 1.54) is 12.1 Å². The van der Waals surface area contributed by atoms with Crippen molar-refractivity contribution in [1.82, 2.24) is 4.90 Å². The maximum absolute atomic E-state index is 12.6. The van der Waals surface area contributed by atoms with Crippen molar-refractivity contribution in [2.45, 2.75) is 23.5 Å². The molecule has 0 bridgehead atoms. The first kappa shape index (κ1) is 22.2. The summed E-state index contributed by atoms with van der Waals surface area (Å²) in [5, 5.41) is 2.68. The minimum absolute atomic E-state index is 0.193. The van der Waals surface area contributed by atoms with Crippen LogP contribution < -0.4 is 10.1 Å². The van der Waals surface area contributed by atoms with Gasteiger partial charge in [0.15, 0.2) is 0 Å². The van der Waals surface area contributed by atoms with Crippen LogP contribution in [0.15, 0.2) is 59.5 Å². The summed E-state index contributed by atoms with van der Waals surface area (Å²) in [5.41, 5.74) is 0.356. The number of rotatable bonds is 8. The van der Waals surface area contributed by atoms with Crippen LogP contribution in [0.3, 0.4) is 0 Å². The van der Waals surface area contributed by atoms with E-state index >= 15 is 0 Å². The van der Waals surface area contributed by atoms with Crippen LogP contribution in [0.4, 0.5) is 14.5 Å². The van der Waals surface area contributed by atoms with Crippen LogP contribution in [-0.4, -0.2) is 51.2 Å². The number of likely N-dealkylation sites (tertiary alicyclic amines) is 1. The Morgan fingerprint density at radius 2 is 1.83 bits per heavy atom. The fourth-order valence-electron chi connectivity index (χ4n) is 3.40. The number of anilines is 1. The Balaban J connectivity index is 1.48. The Morgan fingerprint density at radius 1 is 1.13 bits per heavy atom. The maximum Gasteiger partial charge on any atom is 0.341 e. The van der Waals surface area contributed by atoms with Gasteiger partial charge in [0.1, 0.15) is 5.75 Å². The fraction of sp³-hybridized carbons (Fsp3) is 0.381. The molecule has 0 saturated carbocycles. The van der Waals surface area contributed by atoms with Crippen molar-refractivity contribution in [3.63, 3.8) is 0 Å². The van der Waals surface area contributed by atoms with Crippen molar-refractivity contribution < 1.29 is 26.7 Å². The number of alkyl halides is 2. The molecule has 0 aromatic heterocycles. The van der Waals surface area contributed by atoms with Gasteiger partial charge in [0.05, 0.1) is 18.0 Å². The normalized spacial score (nSPS) is 17.6. The molecular formula is C21H24F2N2O4S. The van der Waals surface area contributed by atoms with E-state index in [2.05, 4.69) is 5.32 Å². The molecule has 3 rings (SSSR count). The molecule has 30 heavy (non-hydrogen) atoms. The Hall–Kier alpha value is -2.52. The van der Waals surface area contributed by atoms with Crippen LogP contribution in [0.25, 0.3) is 0 Å². The summed E-state index contributed by atoms with van der Waals surface area (Å²) >= 11 is 0. The highest BCUT2D eigenvalue weighted by Gasteiger charge is 2.26. The number of piperidine rings is 1. The van der Waals surface area contributed by atoms with Crippen LogP contribution in [0.1, 0.15) is 12.8 Å². The van der Waals surface area contributed by atoms with Gasteiger partial charge in [-0.2, -0.15) is 8.78 Å². The van der Waals surface area contributed by atoms with E-state index in [4.69, 9.17) is 4.74 Å². The van der Waals surface area contributed by atoms with Gasteiger partial charge in [0, 0.05) is 18.2 Å². The molecule has 6 nitrogen and oxygen atoms in total. The molecule has 1 unspecified atom stereocenters. The predicted octanol–water partition coefficient (Wildman–Crippen LogP) is 3.41. The van der Waals surface area contributed by atoms with Crippen molar-refractivity contribution in [3.05, 3.63) is 54.6 Å². The highest BCUT2D eigenvalue weighted by molar-refractivity contribution is 7.91. The SMILES string of the molecule is O=C(CN1CCCC(COc2ccccc2)C1)Nc1ccc(S(=O)(=O)C(F)F)cc1. The first-order valence-corrected chi connectivity index (χ1v) is 11.2. The lowest BCUT2D eigenvalue weighted by Gasteiger charge is -2.32. The van der Waals surface area contributed by atoms with Gasteiger partial charge in [-0.05, 0) is 55.8 Å². The molecule has 1 aliphatic heterocycles. The summed E-state index contributed by atoms with van der Waals surface area (Å²) < 4.78 is 53.9. The van der Waals surface area contributed by atoms with Gasteiger partial charge in [0.2, 0.25) is 15.7 Å². The van der Waals surface area contributed by atoms with E-state index in [-0.39, 0.29) is 12.5 Å². The largest absolute Gasteiger partial charge is 0.493 e. The van der Waals surface area contributed by atoms with Crippen molar-refractivity contribution in [3.8, 4) is 5.75 Å². The van der Waals surface area contributed by atoms with Gasteiger partial charge < -0.3 is 10.1 Å². The van der Waals surface area contributed by atoms with Crippen molar-refractivity contribution >= 4 is 21.4 Å². The van der Waals surface area contributed by atoms with Crippen LogP contribution in [0, 0.1) is 5.92 Å². The number of nitrogens with one attached hydrogen (secondary N) is 1. The van der Waals surface area contributed by atoms with Crippen LogP contribution >= 0.6 is 0 Å². The molecule has 1 N–H and O–H groups in total. The van der Waals surface area contributed by atoms with Gasteiger partial charge in [-0.15, -0.1) is 0 Å². The fourth-order valence-corrected chi connectivity index (χ4v) is 4.12. The Labute approximate surface area is 174 Å². The molecular weight excluding hydrogens is 414 g/mol. The summed E-state index contributed by atoms with van der Waals surface area (Å²) in [5.74, 6) is -2.57. The summed E-state index contributed by atoms with van der Waals surface area (Å²) in [7, 11) is -4.64. The number of sulfone groups is 1. The molecule has 1 atom stereocenters. The number of carbonyl (C=O) groups is 1. The molecule has 0 radical (unpaired) electrons. The van der Waals surface area contributed by atoms with Crippen LogP contribution in [0.5, 0.6) is 5.75 Å². The topological polar surface area (TPSA) is 75.7 Å². The van der Waals surface area contributed by atoms with Gasteiger partial charge in [-0.1, -0.05) is 18.2 Å². The molecule has 2 aromatic carbocycles. The minimum Gasteiger partial charge on any atom is -0.493 e. The number of amides is 1. The molecule has 0 spiro atoms. The van der Waals surface area contributed by atoms with Crippen LogP contribution in [-0.2, 0) is 14.6 Å². The first-order chi connectivity index (χ1) is 14.3. The third-order valence-corrected chi connectivity index (χ3v) is 6.30. The summed E-state index contributed by atoms with van der Waals surface area (Å²) in [6.07, 6.45) is 2.00. The zero-order valence-corrected chi connectivity index (χ0v) is 17.2. The van der Waals surface area contributed by atoms with Gasteiger partial charge in [0.25, 0.3) is 0 Å². The second-order valence-electron chi connectivity index (χ2n) is 7.25. The molecule has 0 aliphatic carbocycles. The average molecular weight is 438 g/mol. The van der Waals surface area contributed by atoms with Crippen molar-refractivity contribution in [2.75, 3.05) is 31.6 Å². The van der Waals surface area contributed by atoms with E-state index in [1.807, 2.05) is 35.2 Å². The summed E-state index contributed by atoms with van der Waals surface area (Å²) in [6.45, 7) is 2.33. The lowest BCUT2D eigenvalue weighted by Crippen LogP contribution is -2.42. The number of ether oxygens (including phenoxy) is 1. The average Bonchev–Trinajstić information content (AvgIpc) is 2.73. The molecule has 1 saturated heterocycles. The van der Waals surface area contributed by atoms with Gasteiger partial charge >= 0.3 is 5.76 Å². The van der Waals surface area contributed by atoms with E-state index in [0.29, 0.717) is 18.2 Å². The summed E-state index contributed by atoms with van der Waals surface area (Å²) in [4.78, 5) is 13.9. The van der Waals surface area contributed by atoms with Gasteiger partial charge in [-0.3, -0.25) is 9.69 Å². The molecule has 9 heteroatoms. The highest BCUT2D eigenvalue weighted by Crippen LogP contribution is 2.21. The van der Waals surface area contributed by atoms with Crippen molar-refractivity contribution in [2.24, 2.45) is 5.92 Å². The first-order valence-electron chi connectivity index (χ1n) is 9.67. The third-order valence-electron chi connectivity index (χ3n) is 4.90. The third kappa shape index (κ3) is 5.99. The van der Waals surface area contributed by atoms with E-state index in [1.54, 1.807) is 0 Å². The molecule has 2 aromatic rings. The second-order valence-corrected chi connectivity index (χ2v) is 9.16. The number of halogens is 2. The molecule has 1 heterocycles. The Bertz CT molecular complexity index is 937. The predicted molar refractivity (Wildman–Crippen MR) is 109 cm³/mol. The summed E-state index contributed by atoms with van der Waals surface area (Å²) in [6, 6.07) is 14.3. The van der Waals surface area contributed by atoms with Gasteiger partial charge in [-0.25, -0.2) is 8.42 Å².